The van der Waals surface area contributed by atoms with Crippen LogP contribution in [0.3, 0.4) is 0 Å². The summed E-state index contributed by atoms with van der Waals surface area (Å²) in [4.78, 5) is 11.9. The highest BCUT2D eigenvalue weighted by Crippen LogP contribution is 2.23. The number of hydrogen-bond acceptors (Lipinski definition) is 3. The van der Waals surface area contributed by atoms with Crippen molar-refractivity contribution in [1.29, 1.82) is 0 Å². The van der Waals surface area contributed by atoms with Crippen molar-refractivity contribution in [3.8, 4) is 0 Å². The summed E-state index contributed by atoms with van der Waals surface area (Å²) in [5.41, 5.74) is 0.398. The van der Waals surface area contributed by atoms with Gasteiger partial charge < -0.3 is 8.99 Å². The lowest BCUT2D eigenvalue weighted by Crippen LogP contribution is -2.33. The van der Waals surface area contributed by atoms with Gasteiger partial charge in [-0.2, -0.15) is 0 Å². The van der Waals surface area contributed by atoms with Gasteiger partial charge in [-0.15, -0.1) is 0 Å². The lowest BCUT2D eigenvalue weighted by molar-refractivity contribution is -0.121. The largest absolute Gasteiger partial charge is 0.432 e. The van der Waals surface area contributed by atoms with Crippen LogP contribution in [0.1, 0.15) is 6.92 Å². The fourth-order valence-electron chi connectivity index (χ4n) is 0.896. The number of rotatable bonds is 1. The minimum Gasteiger partial charge on any atom is -0.432 e. The van der Waals surface area contributed by atoms with Crippen LogP contribution in [0.5, 0.6) is 0 Å². The summed E-state index contributed by atoms with van der Waals surface area (Å²) in [6, 6.07) is 0. The molecule has 0 bridgehead atoms. The zero-order chi connectivity index (χ0) is 8.59. The van der Waals surface area contributed by atoms with Crippen molar-refractivity contribution < 1.29 is 8.98 Å². The molecule has 1 aliphatic heterocycles. The summed E-state index contributed by atoms with van der Waals surface area (Å²) in [6.45, 7) is 1.58. The first-order valence-electron chi connectivity index (χ1n) is 2.95. The van der Waals surface area contributed by atoms with Crippen LogP contribution in [0, 0.1) is 0 Å². The molecule has 0 aromatic carbocycles. The van der Waals surface area contributed by atoms with Crippen LogP contribution >= 0.6 is 12.9 Å². The molecule has 54 valence electrons. The second kappa shape index (κ2) is 2.85. The minimum atomic E-state index is -0.708. The summed E-state index contributed by atoms with van der Waals surface area (Å²) >= 11 is 3.54. The average molecular weight is 165 g/mol. The van der Waals surface area contributed by atoms with Crippen LogP contribution in [-0.4, -0.2) is 32.5 Å². The van der Waals surface area contributed by atoms with Gasteiger partial charge in [0.05, 0.1) is 5.57 Å². The number of amides is 1. The Balaban J connectivity index is 2.98. The average Bonchev–Trinajstić information content (AvgIpc) is 2.17. The van der Waals surface area contributed by atoms with Gasteiger partial charge in [0.2, 0.25) is 13.9 Å². The fourth-order valence-corrected chi connectivity index (χ4v) is 1.14. The maximum Gasteiger partial charge on any atom is 0.240 e. The molecule has 0 N–H and O–H groups in total. The summed E-state index contributed by atoms with van der Waals surface area (Å²) < 4.78 is 4.58. The van der Waals surface area contributed by atoms with Crippen LogP contribution in [-0.2, 0) is 8.98 Å². The fraction of sp³-hybridized carbons (Fsp3) is 0.400. The highest BCUT2D eigenvalue weighted by molar-refractivity contribution is 7.75. The van der Waals surface area contributed by atoms with Gasteiger partial charge in [0, 0.05) is 18.9 Å². The second-order valence-electron chi connectivity index (χ2n) is 2.24. The maximum atomic E-state index is 11.0. The van der Waals surface area contributed by atoms with Gasteiger partial charge in [0.1, 0.15) is 13.6 Å². The molecule has 0 fully saturated rings. The predicted molar refractivity (Wildman–Crippen MR) is 44.9 cm³/mol. The van der Waals surface area contributed by atoms with Gasteiger partial charge in [-0.05, 0) is 6.92 Å². The van der Waals surface area contributed by atoms with Crippen molar-refractivity contribution in [1.82, 2.24) is 4.81 Å². The van der Waals surface area contributed by atoms with E-state index in [0.717, 1.165) is 4.81 Å². The Hall–Kier alpha value is -0.510. The van der Waals surface area contributed by atoms with E-state index < -0.39 is 5.94 Å². The van der Waals surface area contributed by atoms with Crippen molar-refractivity contribution in [2.24, 2.45) is 0 Å². The molecule has 0 aromatic heterocycles. The monoisotopic (exact) mass is 165 g/mol. The third-order valence-corrected chi connectivity index (χ3v) is 1.79. The van der Waals surface area contributed by atoms with Gasteiger partial charge in [-0.1, -0.05) is 0 Å². The van der Waals surface area contributed by atoms with Gasteiger partial charge in [-0.25, -0.2) is 0 Å². The number of thiol groups is 1. The first kappa shape index (κ1) is 8.59. The van der Waals surface area contributed by atoms with E-state index in [1.165, 1.54) is 0 Å². The Kier molecular flexibility index (Phi) is 2.22. The SMILES string of the molecule is [B]C1C(OS)=C(C)C(=O)N1[B]. The van der Waals surface area contributed by atoms with Crippen LogP contribution in [0.2, 0.25) is 0 Å². The van der Waals surface area contributed by atoms with Gasteiger partial charge in [0.25, 0.3) is 0 Å². The molecule has 1 atom stereocenters. The molecular formula is C5H5B2NO2S. The molecule has 3 nitrogen and oxygen atoms in total. The van der Waals surface area contributed by atoms with Crippen molar-refractivity contribution in [3.05, 3.63) is 11.3 Å². The Morgan fingerprint density at radius 2 is 2.27 bits per heavy atom. The molecular weight excluding hydrogens is 160 g/mol. The molecule has 1 rings (SSSR count). The van der Waals surface area contributed by atoms with E-state index in [2.05, 4.69) is 17.1 Å². The van der Waals surface area contributed by atoms with Crippen molar-refractivity contribution in [2.75, 3.05) is 0 Å². The van der Waals surface area contributed by atoms with Crippen molar-refractivity contribution in [3.63, 3.8) is 0 Å². The van der Waals surface area contributed by atoms with Crippen LogP contribution < -0.4 is 0 Å². The minimum absolute atomic E-state index is 0.306. The van der Waals surface area contributed by atoms with Gasteiger partial charge in [-0.3, -0.25) is 4.79 Å². The Bertz CT molecular complexity index is 231. The molecule has 1 heterocycles. The Labute approximate surface area is 73.2 Å². The molecule has 0 aromatic rings. The van der Waals surface area contributed by atoms with Crippen LogP contribution in [0.25, 0.3) is 0 Å². The maximum absolute atomic E-state index is 11.0. The standard InChI is InChI=1S/C5H5B2NO2S/c1-2-3(10-11)4(6)8(7)5(2)9/h4,11H,1H3. The molecule has 1 aliphatic rings. The van der Waals surface area contributed by atoms with E-state index in [1.54, 1.807) is 6.92 Å². The molecule has 11 heavy (non-hydrogen) atoms. The quantitative estimate of drug-likeness (QED) is 0.323. The highest BCUT2D eigenvalue weighted by Gasteiger charge is 2.31. The molecule has 4 radical (unpaired) electrons. The lowest BCUT2D eigenvalue weighted by Gasteiger charge is -2.17. The molecule has 0 saturated heterocycles. The smallest absolute Gasteiger partial charge is 0.240 e. The van der Waals surface area contributed by atoms with Crippen LogP contribution in [0.15, 0.2) is 11.3 Å². The molecule has 0 aliphatic carbocycles. The first-order valence-corrected chi connectivity index (χ1v) is 3.32. The predicted octanol–water partition coefficient (Wildman–Crippen LogP) is -0.458. The van der Waals surface area contributed by atoms with E-state index in [1.807, 2.05) is 0 Å². The molecule has 1 amide bonds. The van der Waals surface area contributed by atoms with Crippen LogP contribution in [0.4, 0.5) is 0 Å². The second-order valence-corrected chi connectivity index (χ2v) is 2.42. The Morgan fingerprint density at radius 3 is 2.45 bits per heavy atom. The first-order chi connectivity index (χ1) is 5.09. The van der Waals surface area contributed by atoms with Crippen molar-refractivity contribution in [2.45, 2.75) is 12.9 Å². The van der Waals surface area contributed by atoms with Gasteiger partial charge >= 0.3 is 0 Å². The summed E-state index contributed by atoms with van der Waals surface area (Å²) in [7, 11) is 10.7. The number of nitrogens with zero attached hydrogens (tertiary/aromatic N) is 1. The topological polar surface area (TPSA) is 29.5 Å². The highest BCUT2D eigenvalue weighted by atomic mass is 32.1. The molecule has 6 heteroatoms. The summed E-state index contributed by atoms with van der Waals surface area (Å²) in [6.07, 6.45) is 0. The van der Waals surface area contributed by atoms with Crippen molar-refractivity contribution >= 4 is 34.6 Å². The third-order valence-electron chi connectivity index (χ3n) is 1.59. The summed E-state index contributed by atoms with van der Waals surface area (Å²) in [5.74, 6) is -0.734. The normalized spacial score (nSPS) is 24.7. The number of hydrogen-bond donors (Lipinski definition) is 1. The Morgan fingerprint density at radius 1 is 1.73 bits per heavy atom. The number of carbonyl (C=O) groups excluding carboxylic acids is 1. The third kappa shape index (κ3) is 1.15. The number of carbonyl (C=O) groups is 1. The zero-order valence-electron chi connectivity index (χ0n) is 5.94. The molecule has 0 saturated carbocycles. The molecule has 1 unspecified atom stereocenters. The summed E-state index contributed by atoms with van der Waals surface area (Å²) in [5, 5.41) is 0. The molecule has 0 spiro atoms. The zero-order valence-corrected chi connectivity index (χ0v) is 6.84. The van der Waals surface area contributed by atoms with Gasteiger partial charge in [0.15, 0.2) is 0 Å². The van der Waals surface area contributed by atoms with E-state index in [-0.39, 0.29) is 5.91 Å². The van der Waals surface area contributed by atoms with E-state index in [9.17, 15) is 4.79 Å². The lowest BCUT2D eigenvalue weighted by atomic mass is 9.92. The van der Waals surface area contributed by atoms with E-state index in [0.29, 0.717) is 11.3 Å². The van der Waals surface area contributed by atoms with E-state index >= 15 is 0 Å². The van der Waals surface area contributed by atoms with E-state index in [4.69, 9.17) is 15.8 Å².